The normalized spacial score (nSPS) is 12.8. The standard InChI is InChI=1S/C28H31F2N5O2/c1-2-3-11-32-26-21-14-20(17-6-9-19(23(29)13-17)27(36)33-12-5-4-10-31)24(30)15-25(21)34-16-22(26)28(37)35-18-7-8-18/h2,6,9,13-16,18H,1,3-5,7-8,10-12,31H2,(H,32,34)(H,33,36)(H,35,37). The van der Waals surface area contributed by atoms with Gasteiger partial charge in [0.15, 0.2) is 0 Å². The molecule has 0 bridgehead atoms. The van der Waals surface area contributed by atoms with Crippen LogP contribution in [0, 0.1) is 11.6 Å². The van der Waals surface area contributed by atoms with Crippen molar-refractivity contribution in [2.45, 2.75) is 38.1 Å². The summed E-state index contributed by atoms with van der Waals surface area (Å²) in [4.78, 5) is 29.6. The molecule has 7 nitrogen and oxygen atoms in total. The largest absolute Gasteiger partial charge is 0.383 e. The molecular weight excluding hydrogens is 476 g/mol. The molecule has 0 aliphatic heterocycles. The lowest BCUT2D eigenvalue weighted by Gasteiger charge is -2.16. The van der Waals surface area contributed by atoms with Crippen molar-refractivity contribution in [1.82, 2.24) is 15.6 Å². The summed E-state index contributed by atoms with van der Waals surface area (Å²) in [5.41, 5.74) is 6.97. The van der Waals surface area contributed by atoms with Crippen LogP contribution in [0.15, 0.2) is 49.2 Å². The summed E-state index contributed by atoms with van der Waals surface area (Å²) >= 11 is 0. The highest BCUT2D eigenvalue weighted by molar-refractivity contribution is 6.08. The van der Waals surface area contributed by atoms with Gasteiger partial charge in [-0.15, -0.1) is 6.58 Å². The number of benzene rings is 2. The van der Waals surface area contributed by atoms with Gasteiger partial charge in [0.25, 0.3) is 11.8 Å². The number of nitrogens with zero attached hydrogens (tertiary/aromatic N) is 1. The van der Waals surface area contributed by atoms with Gasteiger partial charge in [-0.2, -0.15) is 0 Å². The topological polar surface area (TPSA) is 109 Å². The molecule has 1 aromatic heterocycles. The lowest BCUT2D eigenvalue weighted by Crippen LogP contribution is -2.26. The van der Waals surface area contributed by atoms with Crippen LogP contribution in [0.4, 0.5) is 14.5 Å². The second-order valence-corrected chi connectivity index (χ2v) is 9.09. The summed E-state index contributed by atoms with van der Waals surface area (Å²) in [5.74, 6) is -2.14. The van der Waals surface area contributed by atoms with Gasteiger partial charge < -0.3 is 21.7 Å². The minimum atomic E-state index is -0.756. The predicted octanol–water partition coefficient (Wildman–Crippen LogP) is 4.53. The Bertz CT molecular complexity index is 1320. The Labute approximate surface area is 214 Å². The molecule has 1 aliphatic rings. The Hall–Kier alpha value is -3.85. The number of nitrogens with two attached hydrogens (primary N) is 1. The minimum Gasteiger partial charge on any atom is -0.383 e. The first-order valence-corrected chi connectivity index (χ1v) is 12.5. The number of unbranched alkanes of at least 4 members (excludes halogenated alkanes) is 1. The molecule has 4 rings (SSSR count). The number of rotatable bonds is 12. The molecule has 2 amide bonds. The van der Waals surface area contributed by atoms with Crippen molar-refractivity contribution in [2.24, 2.45) is 5.73 Å². The molecule has 1 fully saturated rings. The number of carbonyl (C=O) groups is 2. The molecule has 0 spiro atoms. The predicted molar refractivity (Wildman–Crippen MR) is 142 cm³/mol. The van der Waals surface area contributed by atoms with Crippen LogP contribution in [-0.4, -0.2) is 42.5 Å². The molecule has 5 N–H and O–H groups in total. The van der Waals surface area contributed by atoms with Crippen LogP contribution < -0.4 is 21.7 Å². The fraction of sp³-hybridized carbons (Fsp3) is 0.321. The number of amides is 2. The number of fused-ring (bicyclic) bond motifs is 1. The molecule has 194 valence electrons. The van der Waals surface area contributed by atoms with E-state index in [1.54, 1.807) is 12.1 Å². The number of pyridine rings is 1. The molecule has 1 heterocycles. The SMILES string of the molecule is C=CCCNc1c(C(=O)NC2CC2)cnc2cc(F)c(-c3ccc(C(=O)NCCCCN)c(F)c3)cc12. The maximum atomic E-state index is 15.1. The average molecular weight is 508 g/mol. The van der Waals surface area contributed by atoms with E-state index in [0.29, 0.717) is 54.6 Å². The van der Waals surface area contributed by atoms with Crippen LogP contribution in [0.25, 0.3) is 22.0 Å². The Morgan fingerprint density at radius 3 is 2.57 bits per heavy atom. The van der Waals surface area contributed by atoms with Crippen molar-refractivity contribution in [1.29, 1.82) is 0 Å². The summed E-state index contributed by atoms with van der Waals surface area (Å²) in [7, 11) is 0. The molecule has 9 heteroatoms. The molecule has 1 aliphatic carbocycles. The van der Waals surface area contributed by atoms with E-state index >= 15 is 4.39 Å². The van der Waals surface area contributed by atoms with Crippen LogP contribution in [0.2, 0.25) is 0 Å². The Morgan fingerprint density at radius 2 is 1.86 bits per heavy atom. The summed E-state index contributed by atoms with van der Waals surface area (Å²) in [6, 6.07) is 6.97. The van der Waals surface area contributed by atoms with Crippen LogP contribution in [0.3, 0.4) is 0 Å². The first-order chi connectivity index (χ1) is 17.9. The fourth-order valence-electron chi connectivity index (χ4n) is 4.02. The second kappa shape index (κ2) is 11.9. The summed E-state index contributed by atoms with van der Waals surface area (Å²) in [6.07, 6.45) is 7.18. The van der Waals surface area contributed by atoms with E-state index in [4.69, 9.17) is 5.73 Å². The quantitative estimate of drug-likeness (QED) is 0.213. The minimum absolute atomic E-state index is 0.120. The van der Waals surface area contributed by atoms with E-state index in [1.165, 1.54) is 24.4 Å². The Morgan fingerprint density at radius 1 is 1.05 bits per heavy atom. The molecule has 0 atom stereocenters. The summed E-state index contributed by atoms with van der Waals surface area (Å²) in [6.45, 7) is 5.15. The van der Waals surface area contributed by atoms with Gasteiger partial charge in [0.05, 0.1) is 22.3 Å². The van der Waals surface area contributed by atoms with Gasteiger partial charge in [0.2, 0.25) is 0 Å². The molecule has 0 radical (unpaired) electrons. The van der Waals surface area contributed by atoms with Gasteiger partial charge >= 0.3 is 0 Å². The molecule has 1 saturated carbocycles. The van der Waals surface area contributed by atoms with Crippen molar-refractivity contribution in [2.75, 3.05) is 25.0 Å². The highest BCUT2D eigenvalue weighted by atomic mass is 19.1. The number of hydrogen-bond acceptors (Lipinski definition) is 5. The number of hydrogen-bond donors (Lipinski definition) is 4. The highest BCUT2D eigenvalue weighted by Gasteiger charge is 2.26. The maximum Gasteiger partial charge on any atom is 0.255 e. The van der Waals surface area contributed by atoms with Gasteiger partial charge in [-0.3, -0.25) is 14.6 Å². The molecule has 0 saturated heterocycles. The number of aromatic nitrogens is 1. The van der Waals surface area contributed by atoms with Crippen LogP contribution in [-0.2, 0) is 0 Å². The van der Waals surface area contributed by atoms with Crippen molar-refractivity contribution < 1.29 is 18.4 Å². The van der Waals surface area contributed by atoms with Gasteiger partial charge in [-0.1, -0.05) is 12.1 Å². The number of nitrogens with one attached hydrogen (secondary N) is 3. The van der Waals surface area contributed by atoms with Crippen molar-refractivity contribution in [3.63, 3.8) is 0 Å². The Kier molecular flexibility index (Phi) is 8.45. The van der Waals surface area contributed by atoms with Crippen molar-refractivity contribution in [3.05, 3.63) is 71.9 Å². The summed E-state index contributed by atoms with van der Waals surface area (Å²) < 4.78 is 30.0. The number of anilines is 1. The van der Waals surface area contributed by atoms with Crippen LogP contribution >= 0.6 is 0 Å². The third-order valence-corrected chi connectivity index (χ3v) is 6.21. The maximum absolute atomic E-state index is 15.1. The second-order valence-electron chi connectivity index (χ2n) is 9.09. The molecule has 3 aromatic rings. The summed E-state index contributed by atoms with van der Waals surface area (Å²) in [5, 5.41) is 9.43. The van der Waals surface area contributed by atoms with Crippen LogP contribution in [0.1, 0.15) is 52.8 Å². The highest BCUT2D eigenvalue weighted by Crippen LogP contribution is 2.34. The van der Waals surface area contributed by atoms with E-state index in [1.807, 2.05) is 0 Å². The smallest absolute Gasteiger partial charge is 0.255 e. The fourth-order valence-corrected chi connectivity index (χ4v) is 4.02. The third-order valence-electron chi connectivity index (χ3n) is 6.21. The van der Waals surface area contributed by atoms with E-state index in [2.05, 4.69) is 27.5 Å². The zero-order valence-corrected chi connectivity index (χ0v) is 20.6. The third kappa shape index (κ3) is 6.29. The zero-order chi connectivity index (χ0) is 26.4. The average Bonchev–Trinajstić information content (AvgIpc) is 3.70. The monoisotopic (exact) mass is 507 g/mol. The zero-order valence-electron chi connectivity index (χ0n) is 20.6. The molecule has 2 aromatic carbocycles. The van der Waals surface area contributed by atoms with Gasteiger partial charge in [-0.25, -0.2) is 8.78 Å². The first-order valence-electron chi connectivity index (χ1n) is 12.5. The number of halogens is 2. The Balaban J connectivity index is 1.69. The molecular formula is C28H31F2N5O2. The van der Waals surface area contributed by atoms with Crippen molar-refractivity contribution >= 4 is 28.4 Å². The molecule has 0 unspecified atom stereocenters. The lowest BCUT2D eigenvalue weighted by molar-refractivity contribution is 0.0941. The number of carbonyl (C=O) groups excluding carboxylic acids is 2. The first kappa shape index (κ1) is 26.2. The van der Waals surface area contributed by atoms with E-state index in [-0.39, 0.29) is 28.6 Å². The lowest BCUT2D eigenvalue weighted by atomic mass is 9.98. The van der Waals surface area contributed by atoms with E-state index in [0.717, 1.165) is 25.3 Å². The molecule has 37 heavy (non-hydrogen) atoms. The van der Waals surface area contributed by atoms with Crippen molar-refractivity contribution in [3.8, 4) is 11.1 Å². The van der Waals surface area contributed by atoms with Gasteiger partial charge in [0, 0.05) is 42.3 Å². The van der Waals surface area contributed by atoms with Gasteiger partial charge in [0.1, 0.15) is 11.6 Å². The van der Waals surface area contributed by atoms with E-state index in [9.17, 15) is 14.0 Å². The van der Waals surface area contributed by atoms with E-state index < -0.39 is 17.5 Å². The van der Waals surface area contributed by atoms with Gasteiger partial charge in [-0.05, 0) is 62.4 Å². The van der Waals surface area contributed by atoms with Crippen LogP contribution in [0.5, 0.6) is 0 Å².